The number of rotatable bonds is 5. The molecule has 0 unspecified atom stereocenters. The van der Waals surface area contributed by atoms with Gasteiger partial charge in [-0.25, -0.2) is 13.6 Å². The van der Waals surface area contributed by atoms with E-state index in [0.29, 0.717) is 0 Å². The average molecular weight is 275 g/mol. The first kappa shape index (κ1) is 14.6. The molecule has 0 bridgehead atoms. The highest BCUT2D eigenvalue weighted by Gasteiger charge is 2.13. The van der Waals surface area contributed by atoms with Crippen LogP contribution in [0.2, 0.25) is 0 Å². The van der Waals surface area contributed by atoms with Crippen LogP contribution in [0.25, 0.3) is 0 Å². The number of amides is 2. The molecule has 7 nitrogen and oxygen atoms in total. The Balaban J connectivity index is 2.78. The smallest absolute Gasteiger partial charge is 0.319 e. The van der Waals surface area contributed by atoms with Gasteiger partial charge in [-0.1, -0.05) is 0 Å². The largest absolute Gasteiger partial charge is 0.494 e. The summed E-state index contributed by atoms with van der Waals surface area (Å²) in [6.45, 7) is -0.791. The lowest BCUT2D eigenvalue weighted by atomic mass is 10.2. The molecule has 0 aliphatic carbocycles. The van der Waals surface area contributed by atoms with Crippen LogP contribution < -0.4 is 15.4 Å². The number of benzene rings is 1. The van der Waals surface area contributed by atoms with Gasteiger partial charge in [0.15, 0.2) is 0 Å². The van der Waals surface area contributed by atoms with E-state index < -0.39 is 23.9 Å². The number of nitrogens with zero attached hydrogens (tertiary/aromatic N) is 1. The summed E-state index contributed by atoms with van der Waals surface area (Å²) in [5.74, 6) is 0.0568. The standard InChI is InChI=1S/C10H11F2N3O4/c1-19-8-4-6(15(17)18)2-3-7(8)14-10(16)13-5-9(11)12/h2-4,9H,5H2,1H3,(H2,13,14,16). The van der Waals surface area contributed by atoms with Gasteiger partial charge in [0.25, 0.3) is 12.1 Å². The topological polar surface area (TPSA) is 93.5 Å². The molecule has 0 spiro atoms. The van der Waals surface area contributed by atoms with Gasteiger partial charge in [-0.15, -0.1) is 0 Å². The quantitative estimate of drug-likeness (QED) is 0.634. The van der Waals surface area contributed by atoms with Crippen molar-refractivity contribution in [2.45, 2.75) is 6.43 Å². The van der Waals surface area contributed by atoms with Crippen molar-refractivity contribution < 1.29 is 23.2 Å². The van der Waals surface area contributed by atoms with Crippen LogP contribution in [0.3, 0.4) is 0 Å². The SMILES string of the molecule is COc1cc([N+](=O)[O-])ccc1NC(=O)NCC(F)F. The van der Waals surface area contributed by atoms with Crippen LogP contribution in [0.5, 0.6) is 5.75 Å². The number of carbonyl (C=O) groups excluding carboxylic acids is 1. The number of nitro benzene ring substituents is 1. The Hall–Kier alpha value is -2.45. The van der Waals surface area contributed by atoms with Crippen LogP contribution >= 0.6 is 0 Å². The second-order valence-electron chi connectivity index (χ2n) is 3.37. The fraction of sp³-hybridized carbons (Fsp3) is 0.300. The number of nitro groups is 1. The van der Waals surface area contributed by atoms with E-state index in [1.165, 1.54) is 13.2 Å². The Morgan fingerprint density at radius 3 is 2.74 bits per heavy atom. The van der Waals surface area contributed by atoms with Gasteiger partial charge in [0.1, 0.15) is 5.75 Å². The van der Waals surface area contributed by atoms with Crippen molar-refractivity contribution in [1.82, 2.24) is 5.32 Å². The number of non-ortho nitro benzene ring substituents is 1. The Bertz CT molecular complexity index is 482. The fourth-order valence-electron chi connectivity index (χ4n) is 1.23. The molecule has 0 saturated heterocycles. The lowest BCUT2D eigenvalue weighted by molar-refractivity contribution is -0.384. The van der Waals surface area contributed by atoms with Gasteiger partial charge >= 0.3 is 6.03 Å². The van der Waals surface area contributed by atoms with E-state index in [4.69, 9.17) is 4.74 Å². The number of methoxy groups -OCH3 is 1. The van der Waals surface area contributed by atoms with E-state index in [2.05, 4.69) is 5.32 Å². The molecule has 0 heterocycles. The van der Waals surface area contributed by atoms with E-state index >= 15 is 0 Å². The summed E-state index contributed by atoms with van der Waals surface area (Å²) < 4.78 is 28.6. The summed E-state index contributed by atoms with van der Waals surface area (Å²) in [5, 5.41) is 14.7. The third-order valence-corrected chi connectivity index (χ3v) is 2.06. The maximum absolute atomic E-state index is 11.9. The first-order valence-electron chi connectivity index (χ1n) is 5.09. The van der Waals surface area contributed by atoms with Crippen LogP contribution in [-0.4, -0.2) is 31.0 Å². The number of urea groups is 1. The summed E-state index contributed by atoms with van der Waals surface area (Å²) in [6, 6.07) is 2.67. The highest BCUT2D eigenvalue weighted by molar-refractivity contribution is 5.91. The third kappa shape index (κ3) is 4.37. The molecule has 19 heavy (non-hydrogen) atoms. The van der Waals surface area contributed by atoms with Gasteiger partial charge in [0.05, 0.1) is 30.3 Å². The van der Waals surface area contributed by atoms with Crippen LogP contribution in [0.1, 0.15) is 0 Å². The summed E-state index contributed by atoms with van der Waals surface area (Å²) in [4.78, 5) is 21.2. The first-order chi connectivity index (χ1) is 8.93. The Kier molecular flexibility index (Phi) is 4.98. The average Bonchev–Trinajstić information content (AvgIpc) is 2.36. The van der Waals surface area contributed by atoms with Crippen molar-refractivity contribution in [2.24, 2.45) is 0 Å². The minimum Gasteiger partial charge on any atom is -0.494 e. The summed E-state index contributed by atoms with van der Waals surface area (Å²) in [7, 11) is 1.27. The lowest BCUT2D eigenvalue weighted by Crippen LogP contribution is -2.32. The van der Waals surface area contributed by atoms with Gasteiger partial charge in [0.2, 0.25) is 0 Å². The molecule has 0 saturated carbocycles. The van der Waals surface area contributed by atoms with Gasteiger partial charge in [-0.05, 0) is 6.07 Å². The molecule has 1 aromatic carbocycles. The van der Waals surface area contributed by atoms with Crippen LogP contribution in [0.15, 0.2) is 18.2 Å². The second-order valence-corrected chi connectivity index (χ2v) is 3.37. The van der Waals surface area contributed by atoms with Crippen molar-refractivity contribution in [3.8, 4) is 5.75 Å². The van der Waals surface area contributed by atoms with E-state index in [1.54, 1.807) is 0 Å². The van der Waals surface area contributed by atoms with Crippen molar-refractivity contribution in [3.05, 3.63) is 28.3 Å². The number of alkyl halides is 2. The first-order valence-corrected chi connectivity index (χ1v) is 5.09. The molecule has 0 fully saturated rings. The van der Waals surface area contributed by atoms with Crippen molar-refractivity contribution in [1.29, 1.82) is 0 Å². The monoisotopic (exact) mass is 275 g/mol. The predicted octanol–water partition coefficient (Wildman–Crippen LogP) is 1.99. The van der Waals surface area contributed by atoms with E-state index in [9.17, 15) is 23.7 Å². The predicted molar refractivity (Wildman–Crippen MR) is 62.7 cm³/mol. The van der Waals surface area contributed by atoms with Gasteiger partial charge in [-0.3, -0.25) is 10.1 Å². The van der Waals surface area contributed by atoms with Gasteiger partial charge < -0.3 is 15.4 Å². The maximum atomic E-state index is 11.9. The molecule has 2 N–H and O–H groups in total. The van der Waals surface area contributed by atoms with Gasteiger partial charge in [0, 0.05) is 6.07 Å². The molecule has 2 amide bonds. The number of anilines is 1. The molecule has 0 aliphatic heterocycles. The number of carbonyl (C=O) groups is 1. The zero-order chi connectivity index (χ0) is 14.4. The van der Waals surface area contributed by atoms with E-state index in [1.807, 2.05) is 5.32 Å². The zero-order valence-electron chi connectivity index (χ0n) is 9.85. The molecule has 1 rings (SSSR count). The highest BCUT2D eigenvalue weighted by atomic mass is 19.3. The van der Waals surface area contributed by atoms with E-state index in [0.717, 1.165) is 12.1 Å². The van der Waals surface area contributed by atoms with E-state index in [-0.39, 0.29) is 17.1 Å². The molecular formula is C10H11F2N3O4. The summed E-state index contributed by atoms with van der Waals surface area (Å²) in [6.07, 6.45) is -2.66. The molecule has 0 radical (unpaired) electrons. The molecule has 0 aliphatic rings. The van der Waals surface area contributed by atoms with Crippen molar-refractivity contribution >= 4 is 17.4 Å². The number of ether oxygens (including phenoxy) is 1. The van der Waals surface area contributed by atoms with Crippen LogP contribution in [0, 0.1) is 10.1 Å². The van der Waals surface area contributed by atoms with Crippen molar-refractivity contribution in [2.75, 3.05) is 19.0 Å². The second kappa shape index (κ2) is 6.47. The minimum absolute atomic E-state index is 0.0568. The summed E-state index contributed by atoms with van der Waals surface area (Å²) in [5.41, 5.74) is -0.0738. The van der Waals surface area contributed by atoms with Crippen LogP contribution in [0.4, 0.5) is 25.0 Å². The third-order valence-electron chi connectivity index (χ3n) is 2.06. The minimum atomic E-state index is -2.66. The number of halogens is 2. The Morgan fingerprint density at radius 1 is 1.53 bits per heavy atom. The Labute approximate surface area is 106 Å². The molecule has 0 atom stereocenters. The molecule has 104 valence electrons. The molecule has 1 aromatic rings. The highest BCUT2D eigenvalue weighted by Crippen LogP contribution is 2.28. The van der Waals surface area contributed by atoms with Crippen LogP contribution in [-0.2, 0) is 0 Å². The normalized spacial score (nSPS) is 10.1. The fourth-order valence-corrected chi connectivity index (χ4v) is 1.23. The number of hydrogen-bond acceptors (Lipinski definition) is 4. The zero-order valence-corrected chi connectivity index (χ0v) is 9.85. The number of hydrogen-bond donors (Lipinski definition) is 2. The lowest BCUT2D eigenvalue weighted by Gasteiger charge is -2.10. The maximum Gasteiger partial charge on any atom is 0.319 e. The molecular weight excluding hydrogens is 264 g/mol. The summed E-state index contributed by atoms with van der Waals surface area (Å²) >= 11 is 0. The van der Waals surface area contributed by atoms with Crippen molar-refractivity contribution in [3.63, 3.8) is 0 Å². The molecule has 9 heteroatoms. The molecule has 0 aromatic heterocycles. The van der Waals surface area contributed by atoms with Gasteiger partial charge in [-0.2, -0.15) is 0 Å². The number of nitrogens with one attached hydrogen (secondary N) is 2. The Morgan fingerprint density at radius 2 is 2.21 bits per heavy atom.